The molecule has 0 fully saturated rings. The fourth-order valence-electron chi connectivity index (χ4n) is 2.71. The lowest BCUT2D eigenvalue weighted by atomic mass is 10.2. The smallest absolute Gasteiger partial charge is 0.260 e. The minimum Gasteiger partial charge on any atom is -0.490 e. The Kier molecular flexibility index (Phi) is 8.34. The molecule has 0 aromatic heterocycles. The third-order valence-corrected chi connectivity index (χ3v) is 4.10. The van der Waals surface area contributed by atoms with E-state index in [-0.39, 0.29) is 25.0 Å². The standard InChI is InChI=1S/C22H28N2O4/c1-4-14-24(15-21(25)23-18-11-7-6-10-17(18)3)22(26)16-28-20-13-9-8-12-19(20)27-5-2/h6-13H,4-5,14-16H2,1-3H3,(H,23,25). The molecule has 1 N–H and O–H groups in total. The van der Waals surface area contributed by atoms with Gasteiger partial charge < -0.3 is 19.7 Å². The van der Waals surface area contributed by atoms with Gasteiger partial charge in [-0.25, -0.2) is 0 Å². The van der Waals surface area contributed by atoms with Crippen molar-refractivity contribution >= 4 is 17.5 Å². The molecule has 0 heterocycles. The summed E-state index contributed by atoms with van der Waals surface area (Å²) in [6, 6.07) is 14.8. The SMILES string of the molecule is CCCN(CC(=O)Nc1ccccc1C)C(=O)COc1ccccc1OCC. The van der Waals surface area contributed by atoms with Crippen LogP contribution >= 0.6 is 0 Å². The zero-order valence-electron chi connectivity index (χ0n) is 16.7. The zero-order valence-corrected chi connectivity index (χ0v) is 16.7. The molecule has 150 valence electrons. The molecule has 0 radical (unpaired) electrons. The molecule has 0 spiro atoms. The van der Waals surface area contributed by atoms with Crippen LogP contribution in [0.2, 0.25) is 0 Å². The molecule has 0 aliphatic carbocycles. The summed E-state index contributed by atoms with van der Waals surface area (Å²) in [5.41, 5.74) is 1.72. The highest BCUT2D eigenvalue weighted by Crippen LogP contribution is 2.26. The molecule has 0 saturated heterocycles. The van der Waals surface area contributed by atoms with Crippen molar-refractivity contribution in [2.45, 2.75) is 27.2 Å². The van der Waals surface area contributed by atoms with Gasteiger partial charge in [0.2, 0.25) is 5.91 Å². The summed E-state index contributed by atoms with van der Waals surface area (Å²) in [5.74, 6) is 0.634. The first-order valence-electron chi connectivity index (χ1n) is 9.53. The summed E-state index contributed by atoms with van der Waals surface area (Å²) in [6.45, 7) is 6.60. The Morgan fingerprint density at radius 3 is 2.25 bits per heavy atom. The molecule has 0 aliphatic rings. The minimum absolute atomic E-state index is 0.0164. The molecule has 2 amide bonds. The van der Waals surface area contributed by atoms with E-state index in [1.54, 1.807) is 12.1 Å². The molecule has 0 unspecified atom stereocenters. The third kappa shape index (κ3) is 6.30. The second kappa shape index (κ2) is 11.0. The van der Waals surface area contributed by atoms with Gasteiger partial charge in [0.05, 0.1) is 13.2 Å². The van der Waals surface area contributed by atoms with E-state index in [9.17, 15) is 9.59 Å². The van der Waals surface area contributed by atoms with Crippen LogP contribution in [0.25, 0.3) is 0 Å². The summed E-state index contributed by atoms with van der Waals surface area (Å²) in [6.07, 6.45) is 0.749. The van der Waals surface area contributed by atoms with Crippen molar-refractivity contribution in [2.24, 2.45) is 0 Å². The van der Waals surface area contributed by atoms with E-state index in [4.69, 9.17) is 9.47 Å². The Bertz CT molecular complexity index is 792. The number of rotatable bonds is 10. The van der Waals surface area contributed by atoms with Gasteiger partial charge in [-0.15, -0.1) is 0 Å². The van der Waals surface area contributed by atoms with E-state index in [2.05, 4.69) is 5.32 Å². The minimum atomic E-state index is -0.243. The van der Waals surface area contributed by atoms with Crippen molar-refractivity contribution in [1.29, 1.82) is 0 Å². The van der Waals surface area contributed by atoms with Crippen molar-refractivity contribution < 1.29 is 19.1 Å². The number of carbonyl (C=O) groups excluding carboxylic acids is 2. The molecule has 0 atom stereocenters. The molecule has 0 aliphatic heterocycles. The number of ether oxygens (including phenoxy) is 2. The van der Waals surface area contributed by atoms with Gasteiger partial charge in [0.25, 0.3) is 5.91 Å². The van der Waals surface area contributed by atoms with E-state index in [0.29, 0.717) is 24.7 Å². The fourth-order valence-corrected chi connectivity index (χ4v) is 2.71. The maximum atomic E-state index is 12.6. The van der Waals surface area contributed by atoms with Crippen LogP contribution in [0.4, 0.5) is 5.69 Å². The normalized spacial score (nSPS) is 10.2. The summed E-state index contributed by atoms with van der Waals surface area (Å²) in [7, 11) is 0. The summed E-state index contributed by atoms with van der Waals surface area (Å²) >= 11 is 0. The first-order valence-corrected chi connectivity index (χ1v) is 9.53. The van der Waals surface area contributed by atoms with Gasteiger partial charge in [0.1, 0.15) is 0 Å². The Balaban J connectivity index is 1.96. The van der Waals surface area contributed by atoms with Crippen LogP contribution in [0.1, 0.15) is 25.8 Å². The highest BCUT2D eigenvalue weighted by atomic mass is 16.5. The van der Waals surface area contributed by atoms with Gasteiger partial charge in [0.15, 0.2) is 18.1 Å². The van der Waals surface area contributed by atoms with Crippen molar-refractivity contribution in [3.05, 3.63) is 54.1 Å². The van der Waals surface area contributed by atoms with Crippen LogP contribution in [0.15, 0.2) is 48.5 Å². The molecule has 0 bridgehead atoms. The molecule has 0 saturated carbocycles. The predicted molar refractivity (Wildman–Crippen MR) is 110 cm³/mol. The Hall–Kier alpha value is -3.02. The van der Waals surface area contributed by atoms with Crippen molar-refractivity contribution in [1.82, 2.24) is 4.90 Å². The Labute approximate surface area is 166 Å². The van der Waals surface area contributed by atoms with Gasteiger partial charge in [-0.2, -0.15) is 0 Å². The quantitative estimate of drug-likeness (QED) is 0.679. The molecular formula is C22H28N2O4. The van der Waals surface area contributed by atoms with Crippen LogP contribution in [0, 0.1) is 6.92 Å². The van der Waals surface area contributed by atoms with Gasteiger partial charge in [0, 0.05) is 12.2 Å². The second-order valence-electron chi connectivity index (χ2n) is 6.35. The summed E-state index contributed by atoms with van der Waals surface area (Å²) in [5, 5.41) is 2.86. The maximum absolute atomic E-state index is 12.6. The van der Waals surface area contributed by atoms with E-state index in [0.717, 1.165) is 17.7 Å². The molecule has 2 aromatic carbocycles. The van der Waals surface area contributed by atoms with E-state index < -0.39 is 0 Å². The monoisotopic (exact) mass is 384 g/mol. The van der Waals surface area contributed by atoms with Gasteiger partial charge in [-0.05, 0) is 44.0 Å². The number of para-hydroxylation sites is 3. The third-order valence-electron chi connectivity index (χ3n) is 4.10. The number of hydrogen-bond acceptors (Lipinski definition) is 4. The first-order chi connectivity index (χ1) is 13.5. The van der Waals surface area contributed by atoms with Crippen LogP contribution in [0.5, 0.6) is 11.5 Å². The number of anilines is 1. The Morgan fingerprint density at radius 2 is 1.61 bits per heavy atom. The zero-order chi connectivity index (χ0) is 20.4. The molecule has 2 rings (SSSR count). The topological polar surface area (TPSA) is 67.9 Å². The van der Waals surface area contributed by atoms with Crippen molar-refractivity contribution in [3.63, 3.8) is 0 Å². The number of aryl methyl sites for hydroxylation is 1. The molecule has 6 heteroatoms. The summed E-state index contributed by atoms with van der Waals surface area (Å²) < 4.78 is 11.2. The average molecular weight is 384 g/mol. The summed E-state index contributed by atoms with van der Waals surface area (Å²) in [4.78, 5) is 26.5. The lowest BCUT2D eigenvalue weighted by Gasteiger charge is -2.22. The highest BCUT2D eigenvalue weighted by molar-refractivity contribution is 5.95. The second-order valence-corrected chi connectivity index (χ2v) is 6.35. The number of carbonyl (C=O) groups is 2. The maximum Gasteiger partial charge on any atom is 0.260 e. The van der Waals surface area contributed by atoms with Crippen molar-refractivity contribution in [3.8, 4) is 11.5 Å². The number of nitrogens with one attached hydrogen (secondary N) is 1. The van der Waals surface area contributed by atoms with E-state index in [1.807, 2.05) is 57.2 Å². The molecule has 28 heavy (non-hydrogen) atoms. The molecule has 6 nitrogen and oxygen atoms in total. The van der Waals surface area contributed by atoms with Crippen LogP contribution in [-0.2, 0) is 9.59 Å². The van der Waals surface area contributed by atoms with Crippen molar-refractivity contribution in [2.75, 3.05) is 31.6 Å². The van der Waals surface area contributed by atoms with Gasteiger partial charge in [-0.1, -0.05) is 37.3 Å². The lowest BCUT2D eigenvalue weighted by Crippen LogP contribution is -2.41. The lowest BCUT2D eigenvalue weighted by molar-refractivity contribution is -0.136. The van der Waals surface area contributed by atoms with Gasteiger partial charge in [-0.3, -0.25) is 9.59 Å². The fraction of sp³-hybridized carbons (Fsp3) is 0.364. The predicted octanol–water partition coefficient (Wildman–Crippen LogP) is 3.65. The average Bonchev–Trinajstić information content (AvgIpc) is 2.69. The Morgan fingerprint density at radius 1 is 0.964 bits per heavy atom. The van der Waals surface area contributed by atoms with Crippen LogP contribution in [0.3, 0.4) is 0 Å². The largest absolute Gasteiger partial charge is 0.490 e. The molecular weight excluding hydrogens is 356 g/mol. The molecule has 2 aromatic rings. The number of amides is 2. The van der Waals surface area contributed by atoms with E-state index in [1.165, 1.54) is 4.90 Å². The highest BCUT2D eigenvalue weighted by Gasteiger charge is 2.18. The van der Waals surface area contributed by atoms with E-state index >= 15 is 0 Å². The van der Waals surface area contributed by atoms with Crippen LogP contribution in [-0.4, -0.2) is 43.0 Å². The number of benzene rings is 2. The van der Waals surface area contributed by atoms with Gasteiger partial charge >= 0.3 is 0 Å². The van der Waals surface area contributed by atoms with Crippen LogP contribution < -0.4 is 14.8 Å². The first kappa shape index (κ1) is 21.3. The number of hydrogen-bond donors (Lipinski definition) is 1. The number of nitrogens with zero attached hydrogens (tertiary/aromatic N) is 1.